The van der Waals surface area contributed by atoms with Crippen LogP contribution in [0.5, 0.6) is 5.75 Å². The van der Waals surface area contributed by atoms with Gasteiger partial charge in [0, 0.05) is 11.6 Å². The third-order valence-electron chi connectivity index (χ3n) is 2.77. The van der Waals surface area contributed by atoms with Crippen LogP contribution in [0.3, 0.4) is 0 Å². The molecule has 0 aliphatic heterocycles. The summed E-state index contributed by atoms with van der Waals surface area (Å²) in [5.74, 6) is -0.517. The highest BCUT2D eigenvalue weighted by Gasteiger charge is 2.12. The number of carboxylic acids is 1. The Bertz CT molecular complexity index is 714. The van der Waals surface area contributed by atoms with Gasteiger partial charge in [0.05, 0.1) is 11.4 Å². The van der Waals surface area contributed by atoms with E-state index in [2.05, 4.69) is 5.32 Å². The molecule has 0 unspecified atom stereocenters. The number of nitrogens with one attached hydrogen (secondary N) is 1. The molecule has 0 aliphatic carbocycles. The summed E-state index contributed by atoms with van der Waals surface area (Å²) in [4.78, 5) is 22.1. The van der Waals surface area contributed by atoms with E-state index in [1.54, 1.807) is 24.3 Å². The van der Waals surface area contributed by atoms with Crippen LogP contribution in [0.4, 0.5) is 0 Å². The molecule has 8 heteroatoms. The van der Waals surface area contributed by atoms with Gasteiger partial charge in [0.15, 0.2) is 5.76 Å². The van der Waals surface area contributed by atoms with Crippen molar-refractivity contribution in [3.05, 3.63) is 51.9 Å². The van der Waals surface area contributed by atoms with Gasteiger partial charge < -0.3 is 19.6 Å². The number of aliphatic carboxylic acids is 1. The number of halogens is 2. The zero-order valence-corrected chi connectivity index (χ0v) is 13.4. The Kier molecular flexibility index (Phi) is 5.90. The Labute approximate surface area is 141 Å². The Morgan fingerprint density at radius 1 is 1.22 bits per heavy atom. The minimum absolute atomic E-state index is 0.0289. The van der Waals surface area contributed by atoms with Crippen LogP contribution in [0.25, 0.3) is 0 Å². The largest absolute Gasteiger partial charge is 0.484 e. The van der Waals surface area contributed by atoms with Crippen molar-refractivity contribution in [1.29, 1.82) is 0 Å². The Morgan fingerprint density at radius 2 is 2.00 bits per heavy atom. The highest BCUT2D eigenvalue weighted by Crippen LogP contribution is 2.28. The predicted molar refractivity (Wildman–Crippen MR) is 84.1 cm³/mol. The molecular weight excluding hydrogens is 345 g/mol. The first-order chi connectivity index (χ1) is 11.0. The van der Waals surface area contributed by atoms with Gasteiger partial charge in [-0.25, -0.2) is 0 Å². The van der Waals surface area contributed by atoms with Crippen LogP contribution in [-0.4, -0.2) is 23.5 Å². The molecule has 0 saturated heterocycles. The number of carbonyl (C=O) groups is 2. The van der Waals surface area contributed by atoms with Crippen LogP contribution in [0.15, 0.2) is 34.7 Å². The quantitative estimate of drug-likeness (QED) is 0.792. The van der Waals surface area contributed by atoms with Gasteiger partial charge in [-0.15, -0.1) is 0 Å². The monoisotopic (exact) mass is 357 g/mol. The molecule has 0 fully saturated rings. The molecule has 0 saturated carbocycles. The molecule has 122 valence electrons. The third-order valence-corrected chi connectivity index (χ3v) is 3.30. The van der Waals surface area contributed by atoms with Gasteiger partial charge in [-0.1, -0.05) is 23.2 Å². The second-order valence-electron chi connectivity index (χ2n) is 4.53. The molecule has 0 bridgehead atoms. The molecule has 1 aromatic heterocycles. The summed E-state index contributed by atoms with van der Waals surface area (Å²) < 4.78 is 10.8. The van der Waals surface area contributed by atoms with E-state index in [1.165, 1.54) is 6.07 Å². The maximum absolute atomic E-state index is 11.7. The van der Waals surface area contributed by atoms with Crippen molar-refractivity contribution < 1.29 is 23.8 Å². The van der Waals surface area contributed by atoms with Crippen LogP contribution in [0, 0.1) is 0 Å². The van der Waals surface area contributed by atoms with Crippen molar-refractivity contribution in [2.45, 2.75) is 13.0 Å². The Morgan fingerprint density at radius 3 is 2.70 bits per heavy atom. The third kappa shape index (κ3) is 5.19. The highest BCUT2D eigenvalue weighted by atomic mass is 35.5. The van der Waals surface area contributed by atoms with Crippen molar-refractivity contribution in [2.75, 3.05) is 6.54 Å². The minimum Gasteiger partial charge on any atom is -0.484 e. The van der Waals surface area contributed by atoms with E-state index in [0.29, 0.717) is 21.6 Å². The number of ether oxygens (including phenoxy) is 1. The lowest BCUT2D eigenvalue weighted by Crippen LogP contribution is -2.25. The molecule has 0 atom stereocenters. The number of carboxylic acid groups (broad SMARTS) is 1. The summed E-state index contributed by atoms with van der Waals surface area (Å²) in [6.45, 7) is 0.116. The fourth-order valence-corrected chi connectivity index (χ4v) is 2.15. The molecule has 2 rings (SSSR count). The SMILES string of the molecule is O=C(O)CCNC(=O)c1ccc(COc2ccc(Cl)cc2Cl)o1. The molecule has 0 spiro atoms. The second-order valence-corrected chi connectivity index (χ2v) is 5.37. The van der Waals surface area contributed by atoms with E-state index in [4.69, 9.17) is 37.5 Å². The first kappa shape index (κ1) is 17.2. The Balaban J connectivity index is 1.89. The van der Waals surface area contributed by atoms with Crippen molar-refractivity contribution in [3.63, 3.8) is 0 Å². The standard InChI is InChI=1S/C15H13Cl2NO5/c16-9-1-3-12(11(17)7-9)22-8-10-2-4-13(23-10)15(21)18-6-5-14(19)20/h1-4,7H,5-6,8H2,(H,18,21)(H,19,20). The fraction of sp³-hybridized carbons (Fsp3) is 0.200. The lowest BCUT2D eigenvalue weighted by atomic mass is 10.3. The van der Waals surface area contributed by atoms with Crippen molar-refractivity contribution in [2.24, 2.45) is 0 Å². The van der Waals surface area contributed by atoms with Crippen LogP contribution in [-0.2, 0) is 11.4 Å². The van der Waals surface area contributed by atoms with E-state index in [-0.39, 0.29) is 25.3 Å². The fourth-order valence-electron chi connectivity index (χ4n) is 1.69. The number of rotatable bonds is 7. The number of furan rings is 1. The summed E-state index contributed by atoms with van der Waals surface area (Å²) >= 11 is 11.8. The summed E-state index contributed by atoms with van der Waals surface area (Å²) in [7, 11) is 0. The molecule has 1 aromatic carbocycles. The van der Waals surface area contributed by atoms with Crippen molar-refractivity contribution in [3.8, 4) is 5.75 Å². The minimum atomic E-state index is -0.987. The van der Waals surface area contributed by atoms with Gasteiger partial charge in [0.25, 0.3) is 5.91 Å². The lowest BCUT2D eigenvalue weighted by Gasteiger charge is -2.06. The predicted octanol–water partition coefficient (Wildman–Crippen LogP) is 3.37. The van der Waals surface area contributed by atoms with Crippen LogP contribution in [0.1, 0.15) is 22.7 Å². The van der Waals surface area contributed by atoms with E-state index in [0.717, 1.165) is 0 Å². The summed E-state index contributed by atoms with van der Waals surface area (Å²) in [5.41, 5.74) is 0. The zero-order chi connectivity index (χ0) is 16.8. The summed E-state index contributed by atoms with van der Waals surface area (Å²) in [6.07, 6.45) is -0.155. The maximum atomic E-state index is 11.7. The Hall–Kier alpha value is -2.18. The van der Waals surface area contributed by atoms with Crippen LogP contribution in [0.2, 0.25) is 10.0 Å². The second kappa shape index (κ2) is 7.89. The van der Waals surface area contributed by atoms with Gasteiger partial charge in [-0.2, -0.15) is 0 Å². The lowest BCUT2D eigenvalue weighted by molar-refractivity contribution is -0.136. The van der Waals surface area contributed by atoms with Gasteiger partial charge in [-0.3, -0.25) is 9.59 Å². The number of hydrogen-bond donors (Lipinski definition) is 2. The van der Waals surface area contributed by atoms with Crippen molar-refractivity contribution >= 4 is 35.1 Å². The molecular formula is C15H13Cl2NO5. The average molecular weight is 358 g/mol. The smallest absolute Gasteiger partial charge is 0.305 e. The number of carbonyl (C=O) groups excluding carboxylic acids is 1. The molecule has 0 aliphatic rings. The van der Waals surface area contributed by atoms with Gasteiger partial charge >= 0.3 is 5.97 Å². The number of amides is 1. The van der Waals surface area contributed by atoms with E-state index in [1.807, 2.05) is 0 Å². The maximum Gasteiger partial charge on any atom is 0.305 e. The molecule has 1 heterocycles. The van der Waals surface area contributed by atoms with Gasteiger partial charge in [0.2, 0.25) is 0 Å². The molecule has 0 radical (unpaired) electrons. The van der Waals surface area contributed by atoms with Crippen LogP contribution >= 0.6 is 23.2 Å². The van der Waals surface area contributed by atoms with Crippen LogP contribution < -0.4 is 10.1 Å². The number of hydrogen-bond acceptors (Lipinski definition) is 4. The topological polar surface area (TPSA) is 88.8 Å². The summed E-state index contributed by atoms with van der Waals surface area (Å²) in [5, 5.41) is 11.8. The zero-order valence-electron chi connectivity index (χ0n) is 11.8. The molecule has 2 N–H and O–H groups in total. The van der Waals surface area contributed by atoms with E-state index < -0.39 is 11.9 Å². The average Bonchev–Trinajstić information content (AvgIpc) is 2.95. The first-order valence-corrected chi connectivity index (χ1v) is 7.38. The molecule has 23 heavy (non-hydrogen) atoms. The van der Waals surface area contributed by atoms with E-state index in [9.17, 15) is 9.59 Å². The van der Waals surface area contributed by atoms with Gasteiger partial charge in [-0.05, 0) is 30.3 Å². The molecule has 1 amide bonds. The number of benzene rings is 1. The van der Waals surface area contributed by atoms with Crippen molar-refractivity contribution in [1.82, 2.24) is 5.32 Å². The van der Waals surface area contributed by atoms with E-state index >= 15 is 0 Å². The molecule has 2 aromatic rings. The van der Waals surface area contributed by atoms with Gasteiger partial charge in [0.1, 0.15) is 18.1 Å². The highest BCUT2D eigenvalue weighted by molar-refractivity contribution is 6.35. The normalized spacial score (nSPS) is 10.3. The molecule has 6 nitrogen and oxygen atoms in total. The first-order valence-electron chi connectivity index (χ1n) is 6.62. The summed E-state index contributed by atoms with van der Waals surface area (Å²) in [6, 6.07) is 7.91.